The van der Waals surface area contributed by atoms with Gasteiger partial charge in [-0.25, -0.2) is 4.79 Å². The molecule has 1 atom stereocenters. The summed E-state index contributed by atoms with van der Waals surface area (Å²) in [6.07, 6.45) is 2.56. The first-order valence-corrected chi connectivity index (χ1v) is 8.89. The SMILES string of the molecule is COc1cc(CN2CCC[C@H](C)C2)ccc1OCc1ccc(C(=O)O)o1. The van der Waals surface area contributed by atoms with Crippen LogP contribution >= 0.6 is 0 Å². The Hall–Kier alpha value is -2.47. The van der Waals surface area contributed by atoms with Gasteiger partial charge in [0, 0.05) is 13.1 Å². The Kier molecular flexibility index (Phi) is 5.83. The number of benzene rings is 1. The Morgan fingerprint density at radius 3 is 2.85 bits per heavy atom. The summed E-state index contributed by atoms with van der Waals surface area (Å²) in [6.45, 7) is 5.61. The molecule has 3 rings (SSSR count). The largest absolute Gasteiger partial charge is 0.493 e. The van der Waals surface area contributed by atoms with E-state index in [1.807, 2.05) is 18.2 Å². The number of likely N-dealkylation sites (tertiary alicyclic amines) is 1. The molecule has 1 aromatic heterocycles. The molecule has 26 heavy (non-hydrogen) atoms. The molecule has 0 unspecified atom stereocenters. The van der Waals surface area contributed by atoms with Gasteiger partial charge in [-0.05, 0) is 55.1 Å². The molecule has 0 spiro atoms. The molecule has 2 heterocycles. The van der Waals surface area contributed by atoms with Crippen LogP contribution in [0.25, 0.3) is 0 Å². The van der Waals surface area contributed by atoms with Crippen molar-refractivity contribution >= 4 is 5.97 Å². The summed E-state index contributed by atoms with van der Waals surface area (Å²) in [5, 5.41) is 8.89. The van der Waals surface area contributed by atoms with Crippen molar-refractivity contribution in [2.75, 3.05) is 20.2 Å². The highest BCUT2D eigenvalue weighted by atomic mass is 16.5. The van der Waals surface area contributed by atoms with E-state index in [0.717, 1.165) is 25.6 Å². The highest BCUT2D eigenvalue weighted by Gasteiger charge is 2.17. The van der Waals surface area contributed by atoms with Crippen molar-refractivity contribution in [3.05, 3.63) is 47.4 Å². The summed E-state index contributed by atoms with van der Waals surface area (Å²) in [4.78, 5) is 13.3. The first kappa shape index (κ1) is 18.3. The fraction of sp³-hybridized carbons (Fsp3) is 0.450. The molecule has 1 N–H and O–H groups in total. The number of hydrogen-bond acceptors (Lipinski definition) is 5. The molecule has 0 radical (unpaired) electrons. The van der Waals surface area contributed by atoms with E-state index in [1.165, 1.54) is 24.5 Å². The van der Waals surface area contributed by atoms with Crippen molar-refractivity contribution in [2.24, 2.45) is 5.92 Å². The van der Waals surface area contributed by atoms with Gasteiger partial charge in [0.1, 0.15) is 12.4 Å². The Labute approximate surface area is 153 Å². The van der Waals surface area contributed by atoms with Gasteiger partial charge < -0.3 is 19.0 Å². The minimum atomic E-state index is -1.09. The van der Waals surface area contributed by atoms with Crippen LogP contribution in [0.1, 0.15) is 41.6 Å². The summed E-state index contributed by atoms with van der Waals surface area (Å²) in [6, 6.07) is 8.95. The van der Waals surface area contributed by atoms with E-state index in [-0.39, 0.29) is 12.4 Å². The fourth-order valence-corrected chi connectivity index (χ4v) is 3.34. The highest BCUT2D eigenvalue weighted by molar-refractivity contribution is 5.84. The summed E-state index contributed by atoms with van der Waals surface area (Å²) < 4.78 is 16.4. The molecular formula is C20H25NO5. The van der Waals surface area contributed by atoms with Crippen molar-refractivity contribution < 1.29 is 23.8 Å². The van der Waals surface area contributed by atoms with Gasteiger partial charge in [-0.1, -0.05) is 13.0 Å². The number of carbonyl (C=O) groups is 1. The molecular weight excluding hydrogens is 334 g/mol. The zero-order valence-electron chi connectivity index (χ0n) is 15.2. The summed E-state index contributed by atoms with van der Waals surface area (Å²) in [5.74, 6) is 1.29. The van der Waals surface area contributed by atoms with Gasteiger partial charge in [0.15, 0.2) is 11.5 Å². The minimum Gasteiger partial charge on any atom is -0.493 e. The van der Waals surface area contributed by atoms with Crippen LogP contribution in [0.2, 0.25) is 0 Å². The minimum absolute atomic E-state index is 0.0957. The smallest absolute Gasteiger partial charge is 0.371 e. The lowest BCUT2D eigenvalue weighted by molar-refractivity contribution is 0.0658. The van der Waals surface area contributed by atoms with Crippen molar-refractivity contribution in [3.63, 3.8) is 0 Å². The molecule has 0 saturated carbocycles. The molecule has 6 nitrogen and oxygen atoms in total. The van der Waals surface area contributed by atoms with E-state index in [4.69, 9.17) is 19.0 Å². The van der Waals surface area contributed by atoms with Crippen LogP contribution in [0.5, 0.6) is 11.5 Å². The van der Waals surface area contributed by atoms with Gasteiger partial charge >= 0.3 is 5.97 Å². The third-order valence-corrected chi connectivity index (χ3v) is 4.62. The molecule has 2 aromatic rings. The lowest BCUT2D eigenvalue weighted by Gasteiger charge is -2.30. The van der Waals surface area contributed by atoms with Crippen LogP contribution in [0, 0.1) is 5.92 Å². The van der Waals surface area contributed by atoms with E-state index in [9.17, 15) is 4.79 Å². The number of furan rings is 1. The Morgan fingerprint density at radius 2 is 2.15 bits per heavy atom. The normalized spacial score (nSPS) is 17.8. The predicted molar refractivity (Wildman–Crippen MR) is 96.7 cm³/mol. The second-order valence-electron chi connectivity index (χ2n) is 6.83. The van der Waals surface area contributed by atoms with Gasteiger partial charge in [0.2, 0.25) is 5.76 Å². The Bertz CT molecular complexity index is 754. The predicted octanol–water partition coefficient (Wildman–Crippen LogP) is 3.80. The lowest BCUT2D eigenvalue weighted by atomic mass is 10.00. The number of carboxylic acids is 1. The molecule has 0 bridgehead atoms. The fourth-order valence-electron chi connectivity index (χ4n) is 3.34. The third-order valence-electron chi connectivity index (χ3n) is 4.62. The van der Waals surface area contributed by atoms with Gasteiger partial charge in [-0.15, -0.1) is 0 Å². The second kappa shape index (κ2) is 8.27. The Balaban J connectivity index is 1.63. The maximum atomic E-state index is 10.9. The van der Waals surface area contributed by atoms with Crippen molar-refractivity contribution in [1.82, 2.24) is 4.90 Å². The van der Waals surface area contributed by atoms with Gasteiger partial charge in [0.25, 0.3) is 0 Å². The first-order chi connectivity index (χ1) is 12.5. The van der Waals surface area contributed by atoms with Crippen LogP contribution in [-0.4, -0.2) is 36.2 Å². The van der Waals surface area contributed by atoms with Crippen molar-refractivity contribution in [2.45, 2.75) is 32.9 Å². The molecule has 1 aromatic carbocycles. The van der Waals surface area contributed by atoms with E-state index in [2.05, 4.69) is 11.8 Å². The number of aromatic carboxylic acids is 1. The number of nitrogens with zero attached hydrogens (tertiary/aromatic N) is 1. The average Bonchev–Trinajstić information content (AvgIpc) is 3.10. The number of rotatable bonds is 7. The van der Waals surface area contributed by atoms with Gasteiger partial charge in [-0.3, -0.25) is 4.90 Å². The first-order valence-electron chi connectivity index (χ1n) is 8.89. The topological polar surface area (TPSA) is 72.1 Å². The van der Waals surface area contributed by atoms with Crippen molar-refractivity contribution in [3.8, 4) is 11.5 Å². The number of piperidine rings is 1. The summed E-state index contributed by atoms with van der Waals surface area (Å²) in [5.41, 5.74) is 1.19. The quantitative estimate of drug-likeness (QED) is 0.811. The van der Waals surface area contributed by atoms with Crippen LogP contribution in [0.4, 0.5) is 0 Å². The zero-order chi connectivity index (χ0) is 18.5. The molecule has 0 aliphatic carbocycles. The zero-order valence-corrected chi connectivity index (χ0v) is 15.2. The molecule has 140 valence electrons. The standard InChI is InChI=1S/C20H25NO5/c1-14-4-3-9-21(11-14)12-15-5-7-17(19(10-15)24-2)25-13-16-6-8-18(26-16)20(22)23/h5-8,10,14H,3-4,9,11-13H2,1-2H3,(H,22,23)/t14-/m0/s1. The van der Waals surface area contributed by atoms with Gasteiger partial charge in [-0.2, -0.15) is 0 Å². The van der Waals surface area contributed by atoms with Crippen LogP contribution in [0.3, 0.4) is 0 Å². The molecule has 1 fully saturated rings. The van der Waals surface area contributed by atoms with E-state index < -0.39 is 5.97 Å². The van der Waals surface area contributed by atoms with Crippen LogP contribution in [0.15, 0.2) is 34.7 Å². The average molecular weight is 359 g/mol. The van der Waals surface area contributed by atoms with Crippen LogP contribution in [-0.2, 0) is 13.2 Å². The monoisotopic (exact) mass is 359 g/mol. The van der Waals surface area contributed by atoms with Crippen LogP contribution < -0.4 is 9.47 Å². The third kappa shape index (κ3) is 4.58. The van der Waals surface area contributed by atoms with E-state index in [0.29, 0.717) is 17.3 Å². The molecule has 1 saturated heterocycles. The number of carboxylic acid groups (broad SMARTS) is 1. The summed E-state index contributed by atoms with van der Waals surface area (Å²) in [7, 11) is 1.62. The molecule has 1 aliphatic heterocycles. The second-order valence-corrected chi connectivity index (χ2v) is 6.83. The maximum absolute atomic E-state index is 10.9. The van der Waals surface area contributed by atoms with E-state index in [1.54, 1.807) is 13.2 Å². The number of methoxy groups -OCH3 is 1. The van der Waals surface area contributed by atoms with Crippen molar-refractivity contribution in [1.29, 1.82) is 0 Å². The van der Waals surface area contributed by atoms with E-state index >= 15 is 0 Å². The molecule has 0 amide bonds. The number of hydrogen-bond donors (Lipinski definition) is 1. The highest BCUT2D eigenvalue weighted by Crippen LogP contribution is 2.30. The lowest BCUT2D eigenvalue weighted by Crippen LogP contribution is -2.33. The Morgan fingerprint density at radius 1 is 1.31 bits per heavy atom. The van der Waals surface area contributed by atoms with Gasteiger partial charge in [0.05, 0.1) is 7.11 Å². The summed E-state index contributed by atoms with van der Waals surface area (Å²) >= 11 is 0. The maximum Gasteiger partial charge on any atom is 0.371 e. The molecule has 6 heteroatoms. The molecule has 1 aliphatic rings. The number of ether oxygens (including phenoxy) is 2.